The van der Waals surface area contributed by atoms with E-state index < -0.39 is 0 Å². The molecule has 74 valence electrons. The second-order valence-electron chi connectivity index (χ2n) is 3.13. The van der Waals surface area contributed by atoms with Crippen LogP contribution in [0.2, 0.25) is 0 Å². The van der Waals surface area contributed by atoms with Gasteiger partial charge in [-0.3, -0.25) is 0 Å². The van der Waals surface area contributed by atoms with Gasteiger partial charge in [0.05, 0.1) is 12.0 Å². The minimum atomic E-state index is -0.264. The van der Waals surface area contributed by atoms with Gasteiger partial charge in [-0.25, -0.2) is 4.39 Å². The molecule has 3 heteroatoms. The molecule has 0 aromatic heterocycles. The van der Waals surface area contributed by atoms with Gasteiger partial charge in [-0.15, -0.1) is 0 Å². The number of nitriles is 1. The molecule has 0 radical (unpaired) electrons. The van der Waals surface area contributed by atoms with E-state index in [0.29, 0.717) is 6.54 Å². The summed E-state index contributed by atoms with van der Waals surface area (Å²) in [6, 6.07) is 8.43. The summed E-state index contributed by atoms with van der Waals surface area (Å²) in [7, 11) is 0. The monoisotopic (exact) mass is 192 g/mol. The molecular formula is C11H13FN2. The summed E-state index contributed by atoms with van der Waals surface area (Å²) in [5.74, 6) is -0.279. The fourth-order valence-corrected chi connectivity index (χ4v) is 1.12. The van der Waals surface area contributed by atoms with Crippen molar-refractivity contribution in [1.29, 1.82) is 5.26 Å². The first kappa shape index (κ1) is 10.5. The fraction of sp³-hybridized carbons (Fsp3) is 0.364. The molecule has 0 aliphatic carbocycles. The van der Waals surface area contributed by atoms with Crippen LogP contribution in [-0.2, 0) is 0 Å². The van der Waals surface area contributed by atoms with Crippen LogP contribution in [0.3, 0.4) is 0 Å². The van der Waals surface area contributed by atoms with E-state index in [-0.39, 0.29) is 11.7 Å². The molecule has 0 saturated carbocycles. The minimum Gasteiger partial charge on any atom is -0.384 e. The average Bonchev–Trinajstić information content (AvgIpc) is 2.19. The van der Waals surface area contributed by atoms with Crippen LogP contribution >= 0.6 is 0 Å². The molecule has 0 bridgehead atoms. The van der Waals surface area contributed by atoms with Gasteiger partial charge in [-0.2, -0.15) is 5.26 Å². The van der Waals surface area contributed by atoms with Gasteiger partial charge in [0, 0.05) is 12.2 Å². The van der Waals surface area contributed by atoms with Crippen LogP contribution in [0.5, 0.6) is 0 Å². The quantitative estimate of drug-likeness (QED) is 0.796. The van der Waals surface area contributed by atoms with Crippen molar-refractivity contribution in [2.75, 3.05) is 11.9 Å². The zero-order chi connectivity index (χ0) is 10.4. The predicted molar refractivity (Wildman–Crippen MR) is 54.3 cm³/mol. The van der Waals surface area contributed by atoms with Crippen LogP contribution in [0.4, 0.5) is 10.1 Å². The second kappa shape index (κ2) is 5.23. The van der Waals surface area contributed by atoms with Crippen molar-refractivity contribution in [2.24, 2.45) is 5.92 Å². The molecule has 0 amide bonds. The maximum Gasteiger partial charge on any atom is 0.125 e. The third-order valence-corrected chi connectivity index (χ3v) is 2.05. The lowest BCUT2D eigenvalue weighted by Crippen LogP contribution is -2.11. The van der Waals surface area contributed by atoms with Crippen molar-refractivity contribution in [3.05, 3.63) is 30.1 Å². The zero-order valence-corrected chi connectivity index (χ0v) is 8.13. The highest BCUT2D eigenvalue weighted by Gasteiger charge is 2.03. The Hall–Kier alpha value is -1.56. The number of hydrogen-bond acceptors (Lipinski definition) is 2. The number of anilines is 1. The van der Waals surface area contributed by atoms with E-state index in [2.05, 4.69) is 11.4 Å². The molecule has 1 atom stereocenters. The topological polar surface area (TPSA) is 35.8 Å². The highest BCUT2D eigenvalue weighted by atomic mass is 19.1. The Morgan fingerprint density at radius 2 is 2.36 bits per heavy atom. The number of rotatable bonds is 4. The molecule has 0 fully saturated rings. The maximum absolute atomic E-state index is 12.8. The van der Waals surface area contributed by atoms with Crippen molar-refractivity contribution in [1.82, 2.24) is 0 Å². The number of nitrogens with zero attached hydrogens (tertiary/aromatic N) is 1. The van der Waals surface area contributed by atoms with E-state index >= 15 is 0 Å². The van der Waals surface area contributed by atoms with Gasteiger partial charge in [0.2, 0.25) is 0 Å². The maximum atomic E-state index is 12.8. The van der Waals surface area contributed by atoms with Gasteiger partial charge < -0.3 is 5.32 Å². The summed E-state index contributed by atoms with van der Waals surface area (Å²) in [6.07, 6.45) is 0.804. The van der Waals surface area contributed by atoms with Crippen LogP contribution in [0.25, 0.3) is 0 Å². The van der Waals surface area contributed by atoms with Crippen LogP contribution < -0.4 is 5.32 Å². The Morgan fingerprint density at radius 1 is 1.57 bits per heavy atom. The Bertz CT molecular complexity index is 330. The fourth-order valence-electron chi connectivity index (χ4n) is 1.12. The lowest BCUT2D eigenvalue weighted by molar-refractivity contribution is 0.627. The van der Waals surface area contributed by atoms with Crippen molar-refractivity contribution in [2.45, 2.75) is 13.3 Å². The average molecular weight is 192 g/mol. The highest BCUT2D eigenvalue weighted by Crippen LogP contribution is 2.10. The molecule has 0 saturated heterocycles. The molecule has 0 aliphatic rings. The SMILES string of the molecule is CCC(C#N)CNc1cccc(F)c1. The van der Waals surface area contributed by atoms with Gasteiger partial charge in [0.25, 0.3) is 0 Å². The Labute approximate surface area is 83.4 Å². The normalized spacial score (nSPS) is 11.8. The molecule has 0 aliphatic heterocycles. The van der Waals surface area contributed by atoms with Crippen molar-refractivity contribution < 1.29 is 4.39 Å². The third kappa shape index (κ3) is 3.06. The smallest absolute Gasteiger partial charge is 0.125 e. The molecule has 1 rings (SSSR count). The Morgan fingerprint density at radius 3 is 2.93 bits per heavy atom. The largest absolute Gasteiger partial charge is 0.384 e. The van der Waals surface area contributed by atoms with E-state index in [1.807, 2.05) is 6.92 Å². The van der Waals surface area contributed by atoms with E-state index in [1.54, 1.807) is 12.1 Å². The van der Waals surface area contributed by atoms with E-state index in [0.717, 1.165) is 12.1 Å². The number of benzene rings is 1. The third-order valence-electron chi connectivity index (χ3n) is 2.05. The summed E-state index contributed by atoms with van der Waals surface area (Å²) in [4.78, 5) is 0. The summed E-state index contributed by atoms with van der Waals surface area (Å²) in [6.45, 7) is 2.53. The van der Waals surface area contributed by atoms with Crippen molar-refractivity contribution >= 4 is 5.69 Å². The molecular weight excluding hydrogens is 179 g/mol. The molecule has 1 aromatic rings. The van der Waals surface area contributed by atoms with Crippen LogP contribution in [0.1, 0.15) is 13.3 Å². The molecule has 14 heavy (non-hydrogen) atoms. The molecule has 1 aromatic carbocycles. The van der Waals surface area contributed by atoms with Crippen molar-refractivity contribution in [3.8, 4) is 6.07 Å². The van der Waals surface area contributed by atoms with Gasteiger partial charge in [-0.1, -0.05) is 13.0 Å². The van der Waals surface area contributed by atoms with E-state index in [4.69, 9.17) is 5.26 Å². The summed E-state index contributed by atoms with van der Waals surface area (Å²) in [5.41, 5.74) is 0.721. The zero-order valence-electron chi connectivity index (χ0n) is 8.13. The molecule has 2 nitrogen and oxygen atoms in total. The first-order valence-corrected chi connectivity index (χ1v) is 4.65. The summed E-state index contributed by atoms with van der Waals surface area (Å²) in [5, 5.41) is 11.7. The van der Waals surface area contributed by atoms with Gasteiger partial charge in [0.15, 0.2) is 0 Å². The molecule has 1 unspecified atom stereocenters. The van der Waals surface area contributed by atoms with E-state index in [9.17, 15) is 4.39 Å². The Kier molecular flexibility index (Phi) is 3.93. The first-order valence-electron chi connectivity index (χ1n) is 4.65. The summed E-state index contributed by atoms with van der Waals surface area (Å²) >= 11 is 0. The van der Waals surface area contributed by atoms with Crippen molar-refractivity contribution in [3.63, 3.8) is 0 Å². The van der Waals surface area contributed by atoms with E-state index in [1.165, 1.54) is 12.1 Å². The number of halogens is 1. The first-order chi connectivity index (χ1) is 6.76. The highest BCUT2D eigenvalue weighted by molar-refractivity contribution is 5.43. The predicted octanol–water partition coefficient (Wildman–Crippen LogP) is 2.79. The van der Waals surface area contributed by atoms with Crippen LogP contribution in [-0.4, -0.2) is 6.54 Å². The lowest BCUT2D eigenvalue weighted by Gasteiger charge is -2.09. The number of hydrogen-bond donors (Lipinski definition) is 1. The second-order valence-corrected chi connectivity index (χ2v) is 3.13. The lowest BCUT2D eigenvalue weighted by atomic mass is 10.1. The van der Waals surface area contributed by atoms with Gasteiger partial charge in [0.1, 0.15) is 5.82 Å². The van der Waals surface area contributed by atoms with Gasteiger partial charge in [-0.05, 0) is 24.6 Å². The van der Waals surface area contributed by atoms with Gasteiger partial charge >= 0.3 is 0 Å². The Balaban J connectivity index is 2.50. The number of nitrogens with one attached hydrogen (secondary N) is 1. The molecule has 0 heterocycles. The van der Waals surface area contributed by atoms with Crippen LogP contribution in [0, 0.1) is 23.1 Å². The molecule has 0 spiro atoms. The standard InChI is InChI=1S/C11H13FN2/c1-2-9(7-13)8-14-11-5-3-4-10(12)6-11/h3-6,9,14H,2,8H2,1H3. The minimum absolute atomic E-state index is 0.0155. The molecule has 1 N–H and O–H groups in total. The van der Waals surface area contributed by atoms with Crippen LogP contribution in [0.15, 0.2) is 24.3 Å². The summed E-state index contributed by atoms with van der Waals surface area (Å²) < 4.78 is 12.8.